The van der Waals surface area contributed by atoms with E-state index in [1.54, 1.807) is 21.3 Å². The highest BCUT2D eigenvalue weighted by Gasteiger charge is 2.28. The minimum atomic E-state index is -1.07. The second-order valence-electron chi connectivity index (χ2n) is 9.89. The predicted octanol–water partition coefficient (Wildman–Crippen LogP) is 6.96. The van der Waals surface area contributed by atoms with Gasteiger partial charge < -0.3 is 23.8 Å². The fourth-order valence-corrected chi connectivity index (χ4v) is 5.60. The molecule has 1 saturated heterocycles. The molecule has 3 aromatic rings. The van der Waals surface area contributed by atoms with Gasteiger partial charge in [-0.2, -0.15) is 0 Å². The third-order valence-electron chi connectivity index (χ3n) is 7.66. The van der Waals surface area contributed by atoms with Gasteiger partial charge in [0.1, 0.15) is 24.3 Å². The largest absolute Gasteiger partial charge is 0.496 e. The third kappa shape index (κ3) is 5.57. The van der Waals surface area contributed by atoms with Crippen molar-refractivity contribution in [1.29, 1.82) is 0 Å². The van der Waals surface area contributed by atoms with Gasteiger partial charge in [-0.15, -0.1) is 0 Å². The molecule has 0 amide bonds. The summed E-state index contributed by atoms with van der Waals surface area (Å²) < 4.78 is 37.9. The van der Waals surface area contributed by atoms with Gasteiger partial charge in [-0.25, -0.2) is 4.39 Å². The van der Waals surface area contributed by atoms with Crippen molar-refractivity contribution in [3.8, 4) is 11.5 Å². The number of piperidine rings is 1. The number of hydrogen-bond donors (Lipinski definition) is 0. The van der Waals surface area contributed by atoms with Crippen molar-refractivity contribution in [3.63, 3.8) is 0 Å². The molecule has 1 aliphatic heterocycles. The predicted molar refractivity (Wildman–Crippen MR) is 148 cm³/mol. The van der Waals surface area contributed by atoms with Gasteiger partial charge >= 0.3 is 0 Å². The molecule has 38 heavy (non-hydrogen) atoms. The molecule has 5 rings (SSSR count). The number of fused-ring (bicyclic) bond motifs is 1. The fraction of sp³-hybridized carbons (Fsp3) is 0.375. The summed E-state index contributed by atoms with van der Waals surface area (Å²) in [5.41, 5.74) is 5.71. The van der Waals surface area contributed by atoms with Crippen LogP contribution in [0.1, 0.15) is 47.7 Å². The summed E-state index contributed by atoms with van der Waals surface area (Å²) in [6.07, 6.45) is 3.09. The normalized spacial score (nSPS) is 17.8. The van der Waals surface area contributed by atoms with Crippen LogP contribution in [-0.4, -0.2) is 40.7 Å². The molecule has 0 aromatic heterocycles. The minimum Gasteiger partial charge on any atom is -0.496 e. The molecule has 0 spiro atoms. The average Bonchev–Trinajstić information content (AvgIpc) is 2.98. The van der Waals surface area contributed by atoms with Crippen LogP contribution in [0, 0.1) is 5.92 Å². The summed E-state index contributed by atoms with van der Waals surface area (Å²) in [7, 11) is 5.09. The third-order valence-corrected chi connectivity index (χ3v) is 7.66. The maximum atomic E-state index is 15.1. The van der Waals surface area contributed by atoms with Crippen molar-refractivity contribution in [3.05, 3.63) is 95.1 Å². The molecule has 3 aromatic carbocycles. The van der Waals surface area contributed by atoms with Crippen molar-refractivity contribution in [2.24, 2.45) is 5.92 Å². The number of hydrogen-bond acceptors (Lipinski definition) is 5. The average molecular weight is 518 g/mol. The van der Waals surface area contributed by atoms with Gasteiger partial charge in [-0.05, 0) is 59.4 Å². The monoisotopic (exact) mass is 517 g/mol. The minimum absolute atomic E-state index is 0.157. The molecule has 1 fully saturated rings. The van der Waals surface area contributed by atoms with E-state index in [1.807, 2.05) is 54.6 Å². The van der Waals surface area contributed by atoms with Gasteiger partial charge in [0.05, 0.1) is 7.11 Å². The van der Waals surface area contributed by atoms with Crippen molar-refractivity contribution in [2.75, 3.05) is 39.3 Å². The van der Waals surface area contributed by atoms with Crippen LogP contribution in [-0.2, 0) is 16.1 Å². The Labute approximate surface area is 224 Å². The zero-order valence-corrected chi connectivity index (χ0v) is 22.4. The van der Waals surface area contributed by atoms with Crippen LogP contribution >= 0.6 is 0 Å². The van der Waals surface area contributed by atoms with Crippen LogP contribution in [0.4, 0.5) is 10.1 Å². The van der Waals surface area contributed by atoms with E-state index in [1.165, 1.54) is 0 Å². The van der Waals surface area contributed by atoms with Crippen LogP contribution in [0.5, 0.6) is 11.5 Å². The van der Waals surface area contributed by atoms with Crippen LogP contribution in [0.3, 0.4) is 0 Å². The van der Waals surface area contributed by atoms with Crippen LogP contribution in [0.2, 0.25) is 0 Å². The zero-order valence-electron chi connectivity index (χ0n) is 22.4. The van der Waals surface area contributed by atoms with Gasteiger partial charge in [0.2, 0.25) is 0 Å². The first kappa shape index (κ1) is 26.3. The van der Waals surface area contributed by atoms with Gasteiger partial charge in [0, 0.05) is 57.0 Å². The number of methoxy groups -OCH3 is 3. The van der Waals surface area contributed by atoms with Gasteiger partial charge in [-0.1, -0.05) is 42.5 Å². The Balaban J connectivity index is 1.34. The van der Waals surface area contributed by atoms with Crippen LogP contribution < -0.4 is 14.4 Å². The molecule has 0 saturated carbocycles. The summed E-state index contributed by atoms with van der Waals surface area (Å²) in [6.45, 7) is 2.30. The van der Waals surface area contributed by atoms with Crippen molar-refractivity contribution < 1.29 is 23.3 Å². The number of halogens is 1. The Bertz CT molecular complexity index is 1250. The molecule has 1 heterocycles. The molecule has 0 N–H and O–H groups in total. The highest BCUT2D eigenvalue weighted by atomic mass is 19.1. The number of benzene rings is 3. The lowest BCUT2D eigenvalue weighted by Crippen LogP contribution is -2.39. The van der Waals surface area contributed by atoms with Crippen molar-refractivity contribution in [2.45, 2.75) is 38.3 Å². The van der Waals surface area contributed by atoms with E-state index in [0.29, 0.717) is 30.3 Å². The first-order valence-corrected chi connectivity index (χ1v) is 13.3. The molecule has 200 valence electrons. The van der Waals surface area contributed by atoms with E-state index in [2.05, 4.69) is 23.1 Å². The zero-order chi connectivity index (χ0) is 26.5. The molecule has 5 nitrogen and oxygen atoms in total. The van der Waals surface area contributed by atoms with Gasteiger partial charge in [-0.3, -0.25) is 0 Å². The molecule has 0 bridgehead atoms. The van der Waals surface area contributed by atoms with E-state index in [-0.39, 0.29) is 6.29 Å². The maximum absolute atomic E-state index is 15.1. The number of ether oxygens (including phenoxy) is 4. The molecule has 6 heteroatoms. The summed E-state index contributed by atoms with van der Waals surface area (Å²) in [5, 5.41) is 0. The Morgan fingerprint density at radius 3 is 2.34 bits per heavy atom. The van der Waals surface area contributed by atoms with E-state index in [9.17, 15) is 0 Å². The van der Waals surface area contributed by atoms with E-state index in [0.717, 1.165) is 59.6 Å². The quantitative estimate of drug-likeness (QED) is 0.287. The molecule has 0 radical (unpaired) electrons. The smallest absolute Gasteiger partial charge is 0.159 e. The summed E-state index contributed by atoms with van der Waals surface area (Å²) in [6, 6.07) is 22.1. The fourth-order valence-electron chi connectivity index (χ4n) is 5.60. The highest BCUT2D eigenvalue weighted by Crippen LogP contribution is 2.43. The molecule has 1 unspecified atom stereocenters. The molecular weight excluding hydrogens is 481 g/mol. The van der Waals surface area contributed by atoms with Crippen LogP contribution in [0.15, 0.2) is 72.8 Å². The second-order valence-corrected chi connectivity index (χ2v) is 9.89. The number of allylic oxidation sites excluding steroid dienone is 1. The molecule has 1 atom stereocenters. The Kier molecular flexibility index (Phi) is 8.30. The lowest BCUT2D eigenvalue weighted by Gasteiger charge is -2.36. The SMILES string of the molecule is COc1cc(N2CCC(C(OC)OC)CC2)ccc1C1=CCC(F)c2cc(OCc3ccccc3)ccc21. The lowest BCUT2D eigenvalue weighted by molar-refractivity contribution is -0.141. The number of anilines is 1. The van der Waals surface area contributed by atoms with E-state index < -0.39 is 6.17 Å². The Hall–Kier alpha value is -3.35. The van der Waals surface area contributed by atoms with Crippen LogP contribution in [0.25, 0.3) is 5.57 Å². The van der Waals surface area contributed by atoms with Gasteiger partial charge in [0.15, 0.2) is 6.29 Å². The first-order valence-electron chi connectivity index (χ1n) is 13.3. The molecule has 1 aliphatic carbocycles. The van der Waals surface area contributed by atoms with E-state index in [4.69, 9.17) is 18.9 Å². The Morgan fingerprint density at radius 2 is 1.63 bits per heavy atom. The Morgan fingerprint density at radius 1 is 0.895 bits per heavy atom. The lowest BCUT2D eigenvalue weighted by atomic mass is 9.85. The summed E-state index contributed by atoms with van der Waals surface area (Å²) >= 11 is 0. The highest BCUT2D eigenvalue weighted by molar-refractivity contribution is 5.86. The summed E-state index contributed by atoms with van der Waals surface area (Å²) in [4.78, 5) is 2.38. The molecule has 2 aliphatic rings. The summed E-state index contributed by atoms with van der Waals surface area (Å²) in [5.74, 6) is 1.85. The number of rotatable bonds is 9. The van der Waals surface area contributed by atoms with Gasteiger partial charge in [0.25, 0.3) is 0 Å². The van der Waals surface area contributed by atoms with Crippen molar-refractivity contribution in [1.82, 2.24) is 0 Å². The molecular formula is C32H36FNO4. The standard InChI is InChI=1S/C32H36FNO4/c1-35-31-19-24(34-17-15-23(16-18-34)32(36-2)37-3)9-11-28(31)26-13-14-30(33)29-20-25(10-12-27(26)29)38-21-22-7-5-4-6-8-22/h4-13,19-20,23,30,32H,14-18,21H2,1-3H3. The topological polar surface area (TPSA) is 40.2 Å². The number of alkyl halides is 1. The van der Waals surface area contributed by atoms with Crippen molar-refractivity contribution >= 4 is 11.3 Å². The van der Waals surface area contributed by atoms with E-state index >= 15 is 4.39 Å². The second kappa shape index (κ2) is 12.0. The first-order chi connectivity index (χ1) is 18.6. The maximum Gasteiger partial charge on any atom is 0.159 e. The number of nitrogens with zero attached hydrogens (tertiary/aromatic N) is 1.